The molecule has 0 heterocycles. The largest absolute Gasteiger partial charge is 0.489 e. The Morgan fingerprint density at radius 3 is 2.02 bits per heavy atom. The van der Waals surface area contributed by atoms with Gasteiger partial charge < -0.3 is 9.47 Å². The Morgan fingerprint density at radius 1 is 0.800 bits per heavy atom. The molecule has 0 saturated carbocycles. The smallest absolute Gasteiger partial charge is 0.367 e. The van der Waals surface area contributed by atoms with Crippen LogP contribution in [0.2, 0.25) is 0 Å². The van der Waals surface area contributed by atoms with Crippen LogP contribution >= 0.6 is 8.46 Å². The Morgan fingerprint density at radius 2 is 1.43 bits per heavy atom. The molecule has 4 heteroatoms. The van der Waals surface area contributed by atoms with Crippen molar-refractivity contribution in [1.82, 2.24) is 0 Å². The van der Waals surface area contributed by atoms with E-state index in [1.54, 1.807) is 0 Å². The molecule has 0 aliphatic heterocycles. The highest BCUT2D eigenvalue weighted by molar-refractivity contribution is 7.34. The first kappa shape index (κ1) is 31.4. The minimum atomic E-state index is -0.561. The first-order valence-corrected chi connectivity index (χ1v) is 15.5. The number of unbranched alkanes of at least 4 members (excludes halogenated alkanes) is 3. The van der Waals surface area contributed by atoms with Gasteiger partial charge in [0.1, 0.15) is 11.5 Å². The van der Waals surface area contributed by atoms with E-state index in [1.807, 2.05) is 18.2 Å². The molecule has 0 bridgehead atoms. The van der Waals surface area contributed by atoms with Gasteiger partial charge in [0, 0.05) is 12.5 Å². The summed E-state index contributed by atoms with van der Waals surface area (Å²) in [5.41, 5.74) is 10.2. The summed E-state index contributed by atoms with van der Waals surface area (Å²) in [6.45, 7) is 15.7. The maximum atomic E-state index is 11.8. The van der Waals surface area contributed by atoms with E-state index in [2.05, 4.69) is 91.0 Å². The molecule has 3 nitrogen and oxygen atoms in total. The third-order valence-electron chi connectivity index (χ3n) is 7.18. The number of benzene rings is 3. The molecule has 0 aliphatic carbocycles. The van der Waals surface area contributed by atoms with Gasteiger partial charge in [-0.25, -0.2) is 0 Å². The molecule has 3 rings (SSSR count). The van der Waals surface area contributed by atoms with Gasteiger partial charge in [0.25, 0.3) is 0 Å². The molecular formula is C36H46O3P+. The predicted molar refractivity (Wildman–Crippen MR) is 173 cm³/mol. The van der Waals surface area contributed by atoms with Crippen molar-refractivity contribution in [3.63, 3.8) is 0 Å². The molecule has 212 valence electrons. The van der Waals surface area contributed by atoms with Crippen LogP contribution in [-0.2, 0) is 4.57 Å². The molecule has 40 heavy (non-hydrogen) atoms. The zero-order valence-electron chi connectivity index (χ0n) is 25.4. The van der Waals surface area contributed by atoms with E-state index in [0.29, 0.717) is 23.4 Å². The van der Waals surface area contributed by atoms with Crippen molar-refractivity contribution in [3.8, 4) is 11.5 Å². The minimum Gasteiger partial charge on any atom is -0.489 e. The van der Waals surface area contributed by atoms with E-state index in [4.69, 9.17) is 9.47 Å². The average molecular weight is 558 g/mol. The van der Waals surface area contributed by atoms with Crippen LogP contribution in [0.25, 0.3) is 12.2 Å². The second-order valence-corrected chi connectivity index (χ2v) is 11.7. The van der Waals surface area contributed by atoms with E-state index < -0.39 is 8.46 Å². The zero-order valence-corrected chi connectivity index (χ0v) is 26.4. The summed E-state index contributed by atoms with van der Waals surface area (Å²) in [4.78, 5) is 0. The molecule has 1 unspecified atom stereocenters. The van der Waals surface area contributed by atoms with Crippen LogP contribution in [0.5, 0.6) is 11.5 Å². The Kier molecular flexibility index (Phi) is 12.2. The van der Waals surface area contributed by atoms with Crippen molar-refractivity contribution in [1.29, 1.82) is 0 Å². The van der Waals surface area contributed by atoms with Crippen molar-refractivity contribution >= 4 is 25.9 Å². The lowest BCUT2D eigenvalue weighted by Crippen LogP contribution is -2.06. The highest BCUT2D eigenvalue weighted by Gasteiger charge is 2.14. The SMILES string of the molecule is CCCCCOc1cc(OC(=Cc2c(C)cc(C)cc2C)CCCC=Cc2c(C)cc(C)cc2C)ccc1[PH+]=O. The van der Waals surface area contributed by atoms with Gasteiger partial charge in [0.05, 0.1) is 6.61 Å². The predicted octanol–water partition coefficient (Wildman–Crippen LogP) is 10.1. The molecule has 1 atom stereocenters. The lowest BCUT2D eigenvalue weighted by atomic mass is 9.98. The fourth-order valence-electron chi connectivity index (χ4n) is 5.24. The van der Waals surface area contributed by atoms with Crippen LogP contribution in [0.3, 0.4) is 0 Å². The summed E-state index contributed by atoms with van der Waals surface area (Å²) in [7, 11) is -0.561. The lowest BCUT2D eigenvalue weighted by Gasteiger charge is -2.14. The summed E-state index contributed by atoms with van der Waals surface area (Å²) in [6, 6.07) is 14.6. The van der Waals surface area contributed by atoms with E-state index in [1.165, 1.54) is 44.5 Å². The van der Waals surface area contributed by atoms with Gasteiger partial charge in [-0.05, 0) is 112 Å². The van der Waals surface area contributed by atoms with Crippen LogP contribution in [0.4, 0.5) is 0 Å². The molecule has 0 aliphatic rings. The quantitative estimate of drug-likeness (QED) is 0.112. The first-order chi connectivity index (χ1) is 19.2. The summed E-state index contributed by atoms with van der Waals surface area (Å²) >= 11 is 0. The first-order valence-electron chi connectivity index (χ1n) is 14.6. The third-order valence-corrected chi connectivity index (χ3v) is 7.81. The van der Waals surface area contributed by atoms with Gasteiger partial charge in [0.15, 0.2) is 5.75 Å². The Hall–Kier alpha value is -3.16. The van der Waals surface area contributed by atoms with Crippen LogP contribution in [0, 0.1) is 41.5 Å². The van der Waals surface area contributed by atoms with Crippen LogP contribution < -0.4 is 14.8 Å². The number of rotatable bonds is 14. The average Bonchev–Trinajstić information content (AvgIpc) is 2.89. The van der Waals surface area contributed by atoms with Gasteiger partial charge in [-0.2, -0.15) is 0 Å². The molecule has 3 aromatic rings. The second kappa shape index (κ2) is 15.6. The Labute approximate surface area is 243 Å². The monoisotopic (exact) mass is 557 g/mol. The van der Waals surface area contributed by atoms with Crippen molar-refractivity contribution in [2.24, 2.45) is 0 Å². The van der Waals surface area contributed by atoms with E-state index in [0.717, 1.165) is 44.3 Å². The number of hydrogen-bond acceptors (Lipinski definition) is 3. The summed E-state index contributed by atoms with van der Waals surface area (Å²) < 4.78 is 24.3. The topological polar surface area (TPSA) is 35.5 Å². The fraction of sp³-hybridized carbons (Fsp3) is 0.389. The van der Waals surface area contributed by atoms with E-state index in [9.17, 15) is 4.57 Å². The second-order valence-electron chi connectivity index (χ2n) is 10.9. The maximum absolute atomic E-state index is 11.8. The van der Waals surface area contributed by atoms with Gasteiger partial charge in [-0.1, -0.05) is 71.9 Å². The normalized spacial score (nSPS) is 11.9. The Bertz CT molecular complexity index is 1320. The van der Waals surface area contributed by atoms with Crippen LogP contribution in [0.15, 0.2) is 54.3 Å². The van der Waals surface area contributed by atoms with E-state index >= 15 is 0 Å². The standard InChI is InChI=1S/C36H45O3P/c1-8-9-13-18-38-35-24-32(16-17-36(35)40-37)39-31(23-34-29(6)21-26(3)22-30(34)7)14-11-10-12-15-33-27(4)19-25(2)20-28(33)5/h12,15-17,19-24H,8-11,13-14,18H2,1-7H3/p+1. The van der Waals surface area contributed by atoms with Gasteiger partial charge in [0.2, 0.25) is 5.30 Å². The lowest BCUT2D eigenvalue weighted by molar-refractivity contribution is 0.306. The van der Waals surface area contributed by atoms with Crippen LogP contribution in [-0.4, -0.2) is 6.61 Å². The minimum absolute atomic E-state index is 0.561. The molecule has 3 aromatic carbocycles. The molecule has 0 saturated heterocycles. The number of hydrogen-bond donors (Lipinski definition) is 0. The van der Waals surface area contributed by atoms with Gasteiger partial charge in [-0.3, -0.25) is 0 Å². The number of aryl methyl sites for hydroxylation is 6. The molecule has 0 amide bonds. The van der Waals surface area contributed by atoms with Crippen molar-refractivity contribution in [2.45, 2.75) is 87.0 Å². The molecule has 0 aromatic heterocycles. The van der Waals surface area contributed by atoms with Crippen molar-refractivity contribution in [3.05, 3.63) is 98.8 Å². The molecule has 0 spiro atoms. The van der Waals surface area contributed by atoms with Crippen molar-refractivity contribution < 1.29 is 14.0 Å². The van der Waals surface area contributed by atoms with Gasteiger partial charge in [-0.15, -0.1) is 0 Å². The number of allylic oxidation sites excluding steroid dienone is 2. The molecular weight excluding hydrogens is 511 g/mol. The van der Waals surface area contributed by atoms with Gasteiger partial charge >= 0.3 is 8.46 Å². The molecule has 0 fully saturated rings. The Balaban J connectivity index is 1.81. The highest BCUT2D eigenvalue weighted by Crippen LogP contribution is 2.27. The summed E-state index contributed by atoms with van der Waals surface area (Å²) in [6.07, 6.45) is 12.7. The zero-order chi connectivity index (χ0) is 29.1. The van der Waals surface area contributed by atoms with Crippen molar-refractivity contribution in [2.75, 3.05) is 6.61 Å². The highest BCUT2D eigenvalue weighted by atomic mass is 31.1. The molecule has 0 radical (unpaired) electrons. The summed E-state index contributed by atoms with van der Waals surface area (Å²) in [5, 5.41) is 0.700. The fourth-order valence-corrected chi connectivity index (χ4v) is 5.63. The summed E-state index contributed by atoms with van der Waals surface area (Å²) in [5.74, 6) is 2.28. The molecule has 0 N–H and O–H groups in total. The van der Waals surface area contributed by atoms with Crippen LogP contribution in [0.1, 0.15) is 90.0 Å². The third kappa shape index (κ3) is 9.20. The number of ether oxygens (including phenoxy) is 2. The van der Waals surface area contributed by atoms with E-state index in [-0.39, 0.29) is 0 Å². The maximum Gasteiger partial charge on any atom is 0.367 e.